The van der Waals surface area contributed by atoms with Crippen LogP contribution in [0.4, 0.5) is 0 Å². The lowest BCUT2D eigenvalue weighted by Gasteiger charge is -1.80. The van der Waals surface area contributed by atoms with E-state index in [9.17, 15) is 0 Å². The molecule has 48 valence electrons. The molecule has 0 atom stereocenters. The minimum atomic E-state index is 0.880. The van der Waals surface area contributed by atoms with Crippen molar-refractivity contribution in [1.29, 1.82) is 0 Å². The summed E-state index contributed by atoms with van der Waals surface area (Å²) in [6, 6.07) is 0. The lowest BCUT2D eigenvalue weighted by molar-refractivity contribution is 0.517. The smallest absolute Gasteiger partial charge is 0.122 e. The van der Waals surface area contributed by atoms with E-state index in [0.29, 0.717) is 0 Å². The fraction of sp³-hybridized carbons (Fsp3) is 0.500. The van der Waals surface area contributed by atoms with E-state index in [2.05, 4.69) is 24.7 Å². The Labute approximate surface area is 56.1 Å². The Kier molecular flexibility index (Phi) is 6.09. The van der Waals surface area contributed by atoms with Crippen LogP contribution in [-0.2, 0) is 0 Å². The molecule has 0 aromatic carbocycles. The minimum absolute atomic E-state index is 0.880. The summed E-state index contributed by atoms with van der Waals surface area (Å²) in [4.78, 5) is 0. The molecular formula is C8H10O. The average Bonchev–Trinajstić information content (AvgIpc) is 1.89. The molecule has 0 saturated carbocycles. The van der Waals surface area contributed by atoms with Gasteiger partial charge in [-0.15, -0.1) is 0 Å². The van der Waals surface area contributed by atoms with E-state index in [4.69, 9.17) is 5.11 Å². The van der Waals surface area contributed by atoms with Gasteiger partial charge in [-0.2, -0.15) is 0 Å². The second-order valence-electron chi connectivity index (χ2n) is 1.64. The van der Waals surface area contributed by atoms with E-state index in [1.54, 1.807) is 6.11 Å². The second-order valence-corrected chi connectivity index (χ2v) is 1.64. The Hall–Kier alpha value is -1.08. The molecule has 0 fully saturated rings. The van der Waals surface area contributed by atoms with Crippen LogP contribution in [-0.4, -0.2) is 5.11 Å². The van der Waals surface area contributed by atoms with Crippen LogP contribution in [0.15, 0.2) is 0 Å². The molecule has 0 radical (unpaired) electrons. The predicted molar refractivity (Wildman–Crippen MR) is 37.0 cm³/mol. The fourth-order valence-electron chi connectivity index (χ4n) is 0.400. The van der Waals surface area contributed by atoms with Crippen molar-refractivity contribution in [2.45, 2.75) is 26.2 Å². The lowest BCUT2D eigenvalue weighted by Crippen LogP contribution is -1.65. The van der Waals surface area contributed by atoms with Crippen molar-refractivity contribution in [1.82, 2.24) is 0 Å². The normalized spacial score (nSPS) is 6.33. The van der Waals surface area contributed by atoms with Gasteiger partial charge in [-0.1, -0.05) is 19.3 Å². The van der Waals surface area contributed by atoms with E-state index in [-0.39, 0.29) is 0 Å². The third-order valence-corrected chi connectivity index (χ3v) is 0.862. The summed E-state index contributed by atoms with van der Waals surface area (Å²) in [5.74, 6) is 7.56. The van der Waals surface area contributed by atoms with Gasteiger partial charge in [0.15, 0.2) is 0 Å². The van der Waals surface area contributed by atoms with Crippen LogP contribution in [0.3, 0.4) is 0 Å². The molecule has 0 rings (SSSR count). The standard InChI is InChI=1S/C8H10O/c1-2-3-4-5-6-7-8-9/h9H,2-4H2,1H3. The van der Waals surface area contributed by atoms with Gasteiger partial charge in [-0.3, -0.25) is 0 Å². The number of hydrogen-bond acceptors (Lipinski definition) is 1. The van der Waals surface area contributed by atoms with Crippen LogP contribution in [0.25, 0.3) is 0 Å². The first-order valence-electron chi connectivity index (χ1n) is 3.03. The first kappa shape index (κ1) is 7.92. The number of unbranched alkanes of at least 4 members (excludes halogenated alkanes) is 2. The summed E-state index contributed by atoms with van der Waals surface area (Å²) < 4.78 is 0. The molecule has 0 spiro atoms. The summed E-state index contributed by atoms with van der Waals surface area (Å²) in [7, 11) is 0. The minimum Gasteiger partial charge on any atom is -0.461 e. The molecule has 0 aliphatic rings. The fourth-order valence-corrected chi connectivity index (χ4v) is 0.400. The highest BCUT2D eigenvalue weighted by Gasteiger charge is 1.73. The molecule has 0 aliphatic carbocycles. The third-order valence-electron chi connectivity index (χ3n) is 0.862. The zero-order valence-corrected chi connectivity index (χ0v) is 5.57. The Morgan fingerprint density at radius 1 is 1.33 bits per heavy atom. The molecule has 0 aliphatic heterocycles. The van der Waals surface area contributed by atoms with Crippen LogP contribution in [0.2, 0.25) is 0 Å². The zero-order chi connectivity index (χ0) is 6.95. The molecule has 0 bridgehead atoms. The van der Waals surface area contributed by atoms with Gasteiger partial charge in [0.1, 0.15) is 6.11 Å². The van der Waals surface area contributed by atoms with Crippen molar-refractivity contribution in [2.75, 3.05) is 0 Å². The summed E-state index contributed by atoms with van der Waals surface area (Å²) in [5, 5.41) is 7.96. The van der Waals surface area contributed by atoms with Crippen molar-refractivity contribution in [3.63, 3.8) is 0 Å². The predicted octanol–water partition coefficient (Wildman–Crippen LogP) is 1.51. The van der Waals surface area contributed by atoms with Gasteiger partial charge < -0.3 is 5.11 Å². The Morgan fingerprint density at radius 2 is 2.11 bits per heavy atom. The van der Waals surface area contributed by atoms with Crippen molar-refractivity contribution in [3.8, 4) is 23.9 Å². The number of hydrogen-bond donors (Lipinski definition) is 1. The van der Waals surface area contributed by atoms with Crippen LogP contribution < -0.4 is 0 Å². The molecule has 1 N–H and O–H groups in total. The summed E-state index contributed by atoms with van der Waals surface area (Å²) in [6.45, 7) is 2.11. The van der Waals surface area contributed by atoms with Gasteiger partial charge >= 0.3 is 0 Å². The first-order chi connectivity index (χ1) is 4.41. The number of rotatable bonds is 2. The maximum Gasteiger partial charge on any atom is 0.122 e. The topological polar surface area (TPSA) is 20.2 Å². The Bertz CT molecular complexity index is 160. The number of aliphatic hydroxyl groups excluding tert-OH is 1. The van der Waals surface area contributed by atoms with Gasteiger partial charge in [0.25, 0.3) is 0 Å². The summed E-state index contributed by atoms with van der Waals surface area (Å²) in [5.41, 5.74) is 0. The average molecular weight is 122 g/mol. The van der Waals surface area contributed by atoms with Crippen molar-refractivity contribution >= 4 is 0 Å². The van der Waals surface area contributed by atoms with E-state index >= 15 is 0 Å². The van der Waals surface area contributed by atoms with E-state index in [1.807, 2.05) is 0 Å². The zero-order valence-electron chi connectivity index (χ0n) is 5.57. The molecular weight excluding hydrogens is 112 g/mol. The van der Waals surface area contributed by atoms with Gasteiger partial charge in [0.2, 0.25) is 0 Å². The third kappa shape index (κ3) is 6.92. The Morgan fingerprint density at radius 3 is 2.67 bits per heavy atom. The molecule has 1 nitrogen and oxygen atoms in total. The first-order valence-corrected chi connectivity index (χ1v) is 3.03. The van der Waals surface area contributed by atoms with Gasteiger partial charge in [0.05, 0.1) is 0 Å². The highest BCUT2D eigenvalue weighted by Crippen LogP contribution is 1.89. The molecule has 1 heteroatoms. The molecule has 0 heterocycles. The van der Waals surface area contributed by atoms with Crippen LogP contribution in [0, 0.1) is 23.9 Å². The highest BCUT2D eigenvalue weighted by molar-refractivity contribution is 5.23. The summed E-state index contributed by atoms with van der Waals surface area (Å²) in [6.07, 6.45) is 4.87. The summed E-state index contributed by atoms with van der Waals surface area (Å²) >= 11 is 0. The van der Waals surface area contributed by atoms with Gasteiger partial charge in [-0.05, 0) is 12.3 Å². The monoisotopic (exact) mass is 122 g/mol. The van der Waals surface area contributed by atoms with Gasteiger partial charge in [0, 0.05) is 12.3 Å². The molecule has 0 aromatic heterocycles. The van der Waals surface area contributed by atoms with E-state index in [1.165, 1.54) is 0 Å². The van der Waals surface area contributed by atoms with Crippen molar-refractivity contribution in [3.05, 3.63) is 0 Å². The Balaban J connectivity index is 3.23. The van der Waals surface area contributed by atoms with Crippen molar-refractivity contribution < 1.29 is 5.11 Å². The van der Waals surface area contributed by atoms with E-state index in [0.717, 1.165) is 19.3 Å². The highest BCUT2D eigenvalue weighted by atomic mass is 16.2. The largest absolute Gasteiger partial charge is 0.461 e. The molecule has 0 aromatic rings. The van der Waals surface area contributed by atoms with Crippen molar-refractivity contribution in [2.24, 2.45) is 0 Å². The van der Waals surface area contributed by atoms with E-state index < -0.39 is 0 Å². The molecule has 0 saturated heterocycles. The number of aliphatic hydroxyl groups is 1. The molecule has 0 amide bonds. The second kappa shape index (κ2) is 6.92. The van der Waals surface area contributed by atoms with Gasteiger partial charge in [-0.25, -0.2) is 0 Å². The van der Waals surface area contributed by atoms with Crippen LogP contribution in [0.5, 0.6) is 0 Å². The maximum absolute atomic E-state index is 7.96. The molecule has 9 heavy (non-hydrogen) atoms. The van der Waals surface area contributed by atoms with Crippen LogP contribution >= 0.6 is 0 Å². The lowest BCUT2D eigenvalue weighted by atomic mass is 10.2. The maximum atomic E-state index is 7.96. The SMILES string of the molecule is CCCCC#CC#CO. The quantitative estimate of drug-likeness (QED) is 0.435. The molecule has 0 unspecified atom stereocenters. The van der Waals surface area contributed by atoms with Crippen LogP contribution in [0.1, 0.15) is 26.2 Å².